The second kappa shape index (κ2) is 10.4. The molecule has 0 saturated heterocycles. The molecule has 0 aliphatic carbocycles. The Labute approximate surface area is 196 Å². The normalized spacial score (nSPS) is 11.8. The van der Waals surface area contributed by atoms with Crippen LogP contribution < -0.4 is 29.7 Å². The summed E-state index contributed by atoms with van der Waals surface area (Å²) in [5, 5.41) is 6.98. The van der Waals surface area contributed by atoms with Crippen LogP contribution in [-0.4, -0.2) is 38.5 Å². The second-order valence-electron chi connectivity index (χ2n) is 7.38. The van der Waals surface area contributed by atoms with Crippen molar-refractivity contribution in [2.75, 3.05) is 25.8 Å². The standard InChI is InChI=1S/C25H23N3O6/c1-16-3-7-19(8-4-16)26-14-24(29)28-27-13-17-5-9-21(22(11-17)31-2)34-25(30)18-6-10-20-23(12-18)33-15-32-20/h3-13,26H,14-15H2,1-2H3,(H,28,29). The van der Waals surface area contributed by atoms with Crippen LogP contribution in [0.2, 0.25) is 0 Å². The summed E-state index contributed by atoms with van der Waals surface area (Å²) in [6.07, 6.45) is 1.47. The van der Waals surface area contributed by atoms with E-state index in [-0.39, 0.29) is 25.0 Å². The zero-order valence-corrected chi connectivity index (χ0v) is 18.7. The van der Waals surface area contributed by atoms with E-state index in [1.807, 2.05) is 31.2 Å². The van der Waals surface area contributed by atoms with Crippen molar-refractivity contribution < 1.29 is 28.5 Å². The third kappa shape index (κ3) is 5.63. The number of hydrogen-bond donors (Lipinski definition) is 2. The van der Waals surface area contributed by atoms with Gasteiger partial charge >= 0.3 is 5.97 Å². The summed E-state index contributed by atoms with van der Waals surface area (Å²) in [5.74, 6) is 0.795. The van der Waals surface area contributed by atoms with Crippen LogP contribution in [0.15, 0.2) is 65.8 Å². The summed E-state index contributed by atoms with van der Waals surface area (Å²) in [7, 11) is 1.46. The number of amides is 1. The molecule has 3 aromatic carbocycles. The lowest BCUT2D eigenvalue weighted by molar-refractivity contribution is -0.119. The molecule has 0 atom stereocenters. The smallest absolute Gasteiger partial charge is 0.343 e. The van der Waals surface area contributed by atoms with Crippen molar-refractivity contribution in [1.29, 1.82) is 0 Å². The molecule has 9 heteroatoms. The van der Waals surface area contributed by atoms with E-state index >= 15 is 0 Å². The molecule has 4 rings (SSSR count). The molecule has 0 unspecified atom stereocenters. The van der Waals surface area contributed by atoms with Crippen molar-refractivity contribution in [2.24, 2.45) is 5.10 Å². The monoisotopic (exact) mass is 461 g/mol. The molecule has 34 heavy (non-hydrogen) atoms. The fourth-order valence-electron chi connectivity index (χ4n) is 3.10. The van der Waals surface area contributed by atoms with Crippen molar-refractivity contribution in [3.8, 4) is 23.0 Å². The third-order valence-corrected chi connectivity index (χ3v) is 4.91. The Morgan fingerprint density at radius 1 is 1.00 bits per heavy atom. The zero-order chi connectivity index (χ0) is 23.9. The van der Waals surface area contributed by atoms with Gasteiger partial charge in [0.25, 0.3) is 5.91 Å². The molecule has 0 aromatic heterocycles. The van der Waals surface area contributed by atoms with Gasteiger partial charge in [-0.25, -0.2) is 10.2 Å². The van der Waals surface area contributed by atoms with E-state index in [9.17, 15) is 9.59 Å². The van der Waals surface area contributed by atoms with Gasteiger partial charge in [-0.2, -0.15) is 5.10 Å². The van der Waals surface area contributed by atoms with Crippen LogP contribution in [0.5, 0.6) is 23.0 Å². The van der Waals surface area contributed by atoms with Gasteiger partial charge in [-0.1, -0.05) is 17.7 Å². The second-order valence-corrected chi connectivity index (χ2v) is 7.38. The van der Waals surface area contributed by atoms with Gasteiger partial charge in [-0.05, 0) is 61.0 Å². The average molecular weight is 461 g/mol. The highest BCUT2D eigenvalue weighted by Crippen LogP contribution is 2.33. The molecule has 0 fully saturated rings. The highest BCUT2D eigenvalue weighted by Gasteiger charge is 2.18. The summed E-state index contributed by atoms with van der Waals surface area (Å²) in [4.78, 5) is 24.5. The Kier molecular flexibility index (Phi) is 6.92. The van der Waals surface area contributed by atoms with E-state index in [1.54, 1.807) is 36.4 Å². The molecule has 1 aliphatic rings. The first-order chi connectivity index (χ1) is 16.5. The number of fused-ring (bicyclic) bond motifs is 1. The Morgan fingerprint density at radius 3 is 2.59 bits per heavy atom. The first kappa shape index (κ1) is 22.7. The summed E-state index contributed by atoms with van der Waals surface area (Å²) >= 11 is 0. The summed E-state index contributed by atoms with van der Waals surface area (Å²) in [6.45, 7) is 2.20. The van der Waals surface area contributed by atoms with Crippen molar-refractivity contribution >= 4 is 23.8 Å². The molecule has 0 bridgehead atoms. The number of carbonyl (C=O) groups is 2. The van der Waals surface area contributed by atoms with Crippen LogP contribution in [0, 0.1) is 6.92 Å². The van der Waals surface area contributed by atoms with Crippen LogP contribution in [0.1, 0.15) is 21.5 Å². The molecule has 174 valence electrons. The van der Waals surface area contributed by atoms with Gasteiger partial charge < -0.3 is 24.3 Å². The summed E-state index contributed by atoms with van der Waals surface area (Å²) in [6, 6.07) is 17.5. The average Bonchev–Trinajstić information content (AvgIpc) is 3.32. The van der Waals surface area contributed by atoms with Crippen LogP contribution in [0.3, 0.4) is 0 Å². The van der Waals surface area contributed by atoms with Gasteiger partial charge in [0.1, 0.15) is 0 Å². The minimum absolute atomic E-state index is 0.0818. The third-order valence-electron chi connectivity index (χ3n) is 4.91. The number of aryl methyl sites for hydroxylation is 1. The fourth-order valence-corrected chi connectivity index (χ4v) is 3.10. The highest BCUT2D eigenvalue weighted by molar-refractivity contribution is 5.92. The SMILES string of the molecule is COc1cc(C=NNC(=O)CNc2ccc(C)cc2)ccc1OC(=O)c1ccc2c(c1)OCO2. The van der Waals surface area contributed by atoms with Crippen LogP contribution >= 0.6 is 0 Å². The van der Waals surface area contributed by atoms with E-state index in [4.69, 9.17) is 18.9 Å². The summed E-state index contributed by atoms with van der Waals surface area (Å²) < 4.78 is 21.4. The molecule has 1 heterocycles. The number of benzene rings is 3. The molecule has 1 aliphatic heterocycles. The van der Waals surface area contributed by atoms with Gasteiger partial charge in [-0.3, -0.25) is 4.79 Å². The lowest BCUT2D eigenvalue weighted by Crippen LogP contribution is -2.25. The minimum atomic E-state index is -0.564. The number of hydrazone groups is 1. The number of anilines is 1. The maximum absolute atomic E-state index is 12.5. The minimum Gasteiger partial charge on any atom is -0.493 e. The zero-order valence-electron chi connectivity index (χ0n) is 18.7. The number of carbonyl (C=O) groups excluding carboxylic acids is 2. The molecule has 0 saturated carbocycles. The number of rotatable bonds is 8. The molecular weight excluding hydrogens is 438 g/mol. The molecule has 2 N–H and O–H groups in total. The Morgan fingerprint density at radius 2 is 1.79 bits per heavy atom. The maximum Gasteiger partial charge on any atom is 0.343 e. The Hall–Kier alpha value is -4.53. The molecule has 0 spiro atoms. The van der Waals surface area contributed by atoms with Crippen molar-refractivity contribution in [3.05, 3.63) is 77.4 Å². The van der Waals surface area contributed by atoms with E-state index in [2.05, 4.69) is 15.8 Å². The number of nitrogens with zero attached hydrogens (tertiary/aromatic N) is 1. The van der Waals surface area contributed by atoms with Crippen LogP contribution in [0.25, 0.3) is 0 Å². The highest BCUT2D eigenvalue weighted by atomic mass is 16.7. The largest absolute Gasteiger partial charge is 0.493 e. The fraction of sp³-hybridized carbons (Fsp3) is 0.160. The van der Waals surface area contributed by atoms with Gasteiger partial charge in [0, 0.05) is 5.69 Å². The topological polar surface area (TPSA) is 107 Å². The van der Waals surface area contributed by atoms with Gasteiger partial charge in [0.05, 0.1) is 25.4 Å². The van der Waals surface area contributed by atoms with E-state index in [0.29, 0.717) is 28.4 Å². The van der Waals surface area contributed by atoms with Crippen LogP contribution in [0.4, 0.5) is 5.69 Å². The molecule has 9 nitrogen and oxygen atoms in total. The number of esters is 1. The van der Waals surface area contributed by atoms with E-state index < -0.39 is 5.97 Å². The van der Waals surface area contributed by atoms with Gasteiger partial charge in [0.2, 0.25) is 6.79 Å². The number of ether oxygens (including phenoxy) is 4. The quantitative estimate of drug-likeness (QED) is 0.229. The van der Waals surface area contributed by atoms with Gasteiger partial charge in [-0.15, -0.1) is 0 Å². The van der Waals surface area contributed by atoms with Crippen LogP contribution in [-0.2, 0) is 4.79 Å². The lowest BCUT2D eigenvalue weighted by Gasteiger charge is -2.10. The predicted molar refractivity (Wildman–Crippen MR) is 126 cm³/mol. The Balaban J connectivity index is 1.33. The predicted octanol–water partition coefficient (Wildman–Crippen LogP) is 3.51. The van der Waals surface area contributed by atoms with E-state index in [1.165, 1.54) is 13.3 Å². The van der Waals surface area contributed by atoms with Crippen molar-refractivity contribution in [3.63, 3.8) is 0 Å². The number of nitrogens with one attached hydrogen (secondary N) is 2. The first-order valence-electron chi connectivity index (χ1n) is 10.4. The maximum atomic E-state index is 12.5. The molecule has 3 aromatic rings. The Bertz CT molecular complexity index is 1220. The number of hydrogen-bond acceptors (Lipinski definition) is 8. The van der Waals surface area contributed by atoms with Crippen molar-refractivity contribution in [2.45, 2.75) is 6.92 Å². The first-order valence-corrected chi connectivity index (χ1v) is 10.4. The van der Waals surface area contributed by atoms with Gasteiger partial charge in [0.15, 0.2) is 23.0 Å². The summed E-state index contributed by atoms with van der Waals surface area (Å²) in [5.41, 5.74) is 5.41. The number of methoxy groups -OCH3 is 1. The molecule has 1 amide bonds. The van der Waals surface area contributed by atoms with E-state index in [0.717, 1.165) is 11.3 Å². The van der Waals surface area contributed by atoms with Crippen molar-refractivity contribution in [1.82, 2.24) is 5.43 Å². The molecular formula is C25H23N3O6. The lowest BCUT2D eigenvalue weighted by atomic mass is 10.2. The molecule has 0 radical (unpaired) electrons.